The van der Waals surface area contributed by atoms with E-state index in [1.807, 2.05) is 6.92 Å². The summed E-state index contributed by atoms with van der Waals surface area (Å²) in [6, 6.07) is 0. The predicted octanol–water partition coefficient (Wildman–Crippen LogP) is 0.0766. The minimum Gasteiger partial charge on any atom is -0.480 e. The Labute approximate surface area is 98.4 Å². The molecule has 0 spiro atoms. The van der Waals surface area contributed by atoms with Crippen molar-refractivity contribution in [1.82, 2.24) is 9.78 Å². The van der Waals surface area contributed by atoms with Gasteiger partial charge >= 0.3 is 5.97 Å². The van der Waals surface area contributed by atoms with Crippen LogP contribution in [-0.2, 0) is 21.4 Å². The minimum absolute atomic E-state index is 0.292. The number of carbonyl (C=O) groups excluding carboxylic acids is 1. The molecule has 1 rings (SSSR count). The topological polar surface area (TPSA) is 93.5 Å². The highest BCUT2D eigenvalue weighted by Gasteiger charge is 2.12. The lowest BCUT2D eigenvalue weighted by atomic mass is 10.3. The summed E-state index contributed by atoms with van der Waals surface area (Å²) in [5.41, 5.74) is 2.17. The van der Waals surface area contributed by atoms with Crippen molar-refractivity contribution in [3.8, 4) is 0 Å². The van der Waals surface area contributed by atoms with Crippen LogP contribution < -0.4 is 5.32 Å². The van der Waals surface area contributed by atoms with Crippen molar-refractivity contribution in [1.29, 1.82) is 0 Å². The molecule has 1 heterocycles. The van der Waals surface area contributed by atoms with E-state index in [2.05, 4.69) is 15.2 Å². The second kappa shape index (κ2) is 5.44. The number of ether oxygens (including phenoxy) is 1. The molecule has 7 heteroatoms. The number of aromatic nitrogens is 2. The van der Waals surface area contributed by atoms with E-state index < -0.39 is 18.5 Å². The van der Waals surface area contributed by atoms with Crippen molar-refractivity contribution >= 4 is 17.6 Å². The Morgan fingerprint density at radius 2 is 2.06 bits per heavy atom. The van der Waals surface area contributed by atoms with E-state index in [4.69, 9.17) is 5.11 Å². The highest BCUT2D eigenvalue weighted by molar-refractivity contribution is 5.92. The number of amides is 1. The number of nitrogens with one attached hydrogen (secondary N) is 1. The highest BCUT2D eigenvalue weighted by Crippen LogP contribution is 2.17. The molecule has 0 fully saturated rings. The van der Waals surface area contributed by atoms with Crippen molar-refractivity contribution in [2.45, 2.75) is 13.8 Å². The summed E-state index contributed by atoms with van der Waals surface area (Å²) >= 11 is 0. The third kappa shape index (κ3) is 3.56. The second-order valence-electron chi connectivity index (χ2n) is 3.60. The molecule has 0 aliphatic heterocycles. The van der Waals surface area contributed by atoms with E-state index in [0.717, 1.165) is 5.69 Å². The van der Waals surface area contributed by atoms with Crippen LogP contribution in [0.2, 0.25) is 0 Å². The van der Waals surface area contributed by atoms with Crippen LogP contribution in [0.3, 0.4) is 0 Å². The normalized spacial score (nSPS) is 10.3. The first-order valence-corrected chi connectivity index (χ1v) is 5.01. The number of hydrogen-bond donors (Lipinski definition) is 2. The predicted molar refractivity (Wildman–Crippen MR) is 59.8 cm³/mol. The van der Waals surface area contributed by atoms with Crippen molar-refractivity contribution in [2.24, 2.45) is 7.05 Å². The lowest BCUT2D eigenvalue weighted by Gasteiger charge is -2.05. The molecule has 0 saturated carbocycles. The Morgan fingerprint density at radius 1 is 1.41 bits per heavy atom. The summed E-state index contributed by atoms with van der Waals surface area (Å²) in [5.74, 6) is -1.50. The summed E-state index contributed by atoms with van der Waals surface area (Å²) in [6.45, 7) is 2.83. The van der Waals surface area contributed by atoms with Gasteiger partial charge in [0, 0.05) is 7.05 Å². The molecule has 1 aromatic rings. The van der Waals surface area contributed by atoms with E-state index in [1.165, 1.54) is 0 Å². The Hall–Kier alpha value is -1.89. The van der Waals surface area contributed by atoms with Gasteiger partial charge < -0.3 is 15.2 Å². The van der Waals surface area contributed by atoms with Gasteiger partial charge in [-0.25, -0.2) is 4.79 Å². The van der Waals surface area contributed by atoms with Gasteiger partial charge in [0.1, 0.15) is 13.2 Å². The monoisotopic (exact) mass is 241 g/mol. The molecule has 0 saturated heterocycles. The smallest absolute Gasteiger partial charge is 0.329 e. The molecule has 0 bridgehead atoms. The van der Waals surface area contributed by atoms with Crippen LogP contribution in [0.5, 0.6) is 0 Å². The fourth-order valence-corrected chi connectivity index (χ4v) is 1.36. The largest absolute Gasteiger partial charge is 0.480 e. The number of anilines is 1. The van der Waals surface area contributed by atoms with Crippen LogP contribution in [0, 0.1) is 13.8 Å². The SMILES string of the molecule is Cc1nn(C)c(C)c1NC(=O)COCC(=O)O. The van der Waals surface area contributed by atoms with E-state index in [9.17, 15) is 9.59 Å². The zero-order valence-electron chi connectivity index (χ0n) is 9.98. The molecular weight excluding hydrogens is 226 g/mol. The van der Waals surface area contributed by atoms with E-state index in [0.29, 0.717) is 11.4 Å². The molecule has 17 heavy (non-hydrogen) atoms. The van der Waals surface area contributed by atoms with Gasteiger partial charge in [-0.3, -0.25) is 9.48 Å². The Morgan fingerprint density at radius 3 is 2.53 bits per heavy atom. The van der Waals surface area contributed by atoms with Gasteiger partial charge in [-0.1, -0.05) is 0 Å². The Bertz CT molecular complexity index is 439. The summed E-state index contributed by atoms with van der Waals surface area (Å²) < 4.78 is 6.33. The Kier molecular flexibility index (Phi) is 4.22. The lowest BCUT2D eigenvalue weighted by Crippen LogP contribution is -2.21. The number of rotatable bonds is 5. The molecule has 7 nitrogen and oxygen atoms in total. The van der Waals surface area contributed by atoms with Gasteiger partial charge in [-0.2, -0.15) is 5.10 Å². The molecule has 1 amide bonds. The molecule has 0 atom stereocenters. The average Bonchev–Trinajstić information content (AvgIpc) is 2.44. The molecule has 2 N–H and O–H groups in total. The maximum Gasteiger partial charge on any atom is 0.329 e. The molecular formula is C10H15N3O4. The summed E-state index contributed by atoms with van der Waals surface area (Å²) in [5, 5.41) is 15.1. The van der Waals surface area contributed by atoms with E-state index in [1.54, 1.807) is 18.7 Å². The number of carbonyl (C=O) groups is 2. The zero-order valence-corrected chi connectivity index (χ0v) is 9.98. The first-order valence-electron chi connectivity index (χ1n) is 5.01. The minimum atomic E-state index is -1.11. The van der Waals surface area contributed by atoms with Crippen LogP contribution in [0.1, 0.15) is 11.4 Å². The summed E-state index contributed by atoms with van der Waals surface area (Å²) in [6.07, 6.45) is 0. The van der Waals surface area contributed by atoms with Gasteiger partial charge in [0.2, 0.25) is 5.91 Å². The van der Waals surface area contributed by atoms with Crippen molar-refractivity contribution in [3.05, 3.63) is 11.4 Å². The highest BCUT2D eigenvalue weighted by atomic mass is 16.5. The first kappa shape index (κ1) is 13.2. The van der Waals surface area contributed by atoms with Gasteiger partial charge in [-0.15, -0.1) is 0 Å². The maximum absolute atomic E-state index is 11.4. The molecule has 0 aliphatic rings. The fourth-order valence-electron chi connectivity index (χ4n) is 1.36. The van der Waals surface area contributed by atoms with Gasteiger partial charge in [-0.05, 0) is 13.8 Å². The lowest BCUT2D eigenvalue weighted by molar-refractivity contribution is -0.143. The van der Waals surface area contributed by atoms with Crippen LogP contribution in [0.15, 0.2) is 0 Å². The molecule has 94 valence electrons. The number of carboxylic acids is 1. The number of aliphatic carboxylic acids is 1. The zero-order chi connectivity index (χ0) is 13.0. The standard InChI is InChI=1S/C10H15N3O4/c1-6-10(7(2)13(3)12-6)11-8(14)4-17-5-9(15)16/h4-5H2,1-3H3,(H,11,14)(H,15,16). The quantitative estimate of drug-likeness (QED) is 0.761. The number of nitrogens with zero attached hydrogens (tertiary/aromatic N) is 2. The molecule has 0 aliphatic carbocycles. The van der Waals surface area contributed by atoms with Crippen LogP contribution in [-0.4, -0.2) is 40.0 Å². The summed E-state index contributed by atoms with van der Waals surface area (Å²) in [7, 11) is 1.78. The third-order valence-electron chi connectivity index (χ3n) is 2.23. The van der Waals surface area contributed by atoms with Gasteiger partial charge in [0.15, 0.2) is 0 Å². The number of aryl methyl sites for hydroxylation is 2. The Balaban J connectivity index is 2.53. The maximum atomic E-state index is 11.4. The molecule has 1 aromatic heterocycles. The van der Waals surface area contributed by atoms with Crippen molar-refractivity contribution in [3.63, 3.8) is 0 Å². The van der Waals surface area contributed by atoms with E-state index >= 15 is 0 Å². The molecule has 0 aromatic carbocycles. The third-order valence-corrected chi connectivity index (χ3v) is 2.23. The van der Waals surface area contributed by atoms with Crippen LogP contribution in [0.25, 0.3) is 0 Å². The molecule has 0 unspecified atom stereocenters. The summed E-state index contributed by atoms with van der Waals surface area (Å²) in [4.78, 5) is 21.6. The first-order chi connectivity index (χ1) is 7.91. The average molecular weight is 241 g/mol. The van der Waals surface area contributed by atoms with Crippen molar-refractivity contribution in [2.75, 3.05) is 18.5 Å². The van der Waals surface area contributed by atoms with E-state index in [-0.39, 0.29) is 6.61 Å². The fraction of sp³-hybridized carbons (Fsp3) is 0.500. The second-order valence-corrected chi connectivity index (χ2v) is 3.60. The van der Waals surface area contributed by atoms with Crippen LogP contribution >= 0.6 is 0 Å². The van der Waals surface area contributed by atoms with Gasteiger partial charge in [0.05, 0.1) is 17.1 Å². The molecule has 0 radical (unpaired) electrons. The van der Waals surface area contributed by atoms with Crippen molar-refractivity contribution < 1.29 is 19.4 Å². The number of hydrogen-bond acceptors (Lipinski definition) is 4. The van der Waals surface area contributed by atoms with Gasteiger partial charge in [0.25, 0.3) is 0 Å². The number of carboxylic acid groups (broad SMARTS) is 1. The van der Waals surface area contributed by atoms with Crippen LogP contribution in [0.4, 0.5) is 5.69 Å².